The third-order valence-corrected chi connectivity index (χ3v) is 4.50. The van der Waals surface area contributed by atoms with Crippen LogP contribution in [0, 0.1) is 16.7 Å². The van der Waals surface area contributed by atoms with Crippen molar-refractivity contribution in [3.8, 4) is 0 Å². The average molecular weight is 284 g/mol. The van der Waals surface area contributed by atoms with Gasteiger partial charge in [0.1, 0.15) is 0 Å². The van der Waals surface area contributed by atoms with E-state index in [1.807, 2.05) is 20.8 Å². The molecule has 5 heteroatoms. The van der Waals surface area contributed by atoms with Gasteiger partial charge in [0.25, 0.3) is 0 Å². The Morgan fingerprint density at radius 2 is 1.80 bits per heavy atom. The Balaban J connectivity index is 2.80. The van der Waals surface area contributed by atoms with E-state index in [1.54, 1.807) is 18.7 Å². The zero-order valence-electron chi connectivity index (χ0n) is 13.3. The lowest BCUT2D eigenvalue weighted by Crippen LogP contribution is -2.54. The van der Waals surface area contributed by atoms with Crippen molar-refractivity contribution in [3.05, 3.63) is 0 Å². The zero-order chi connectivity index (χ0) is 15.7. The van der Waals surface area contributed by atoms with Gasteiger partial charge in [0.05, 0.1) is 11.5 Å². The number of aliphatic carboxylic acids is 1. The Morgan fingerprint density at radius 3 is 2.25 bits per heavy atom. The molecule has 0 saturated carbocycles. The molecule has 5 nitrogen and oxygen atoms in total. The summed E-state index contributed by atoms with van der Waals surface area (Å²) in [6.45, 7) is 10.5. The molecule has 0 aliphatic carbocycles. The number of piperidine rings is 1. The van der Waals surface area contributed by atoms with Crippen LogP contribution in [0.2, 0.25) is 0 Å². The molecule has 0 radical (unpaired) electrons. The molecule has 0 bridgehead atoms. The molecular formula is C15H28N2O3. The Labute approximate surface area is 121 Å². The Kier molecular flexibility index (Phi) is 4.85. The van der Waals surface area contributed by atoms with Gasteiger partial charge in [-0.05, 0) is 38.0 Å². The van der Waals surface area contributed by atoms with Crippen molar-refractivity contribution in [2.24, 2.45) is 22.5 Å². The van der Waals surface area contributed by atoms with Gasteiger partial charge in [0.15, 0.2) is 0 Å². The van der Waals surface area contributed by atoms with E-state index >= 15 is 0 Å². The fourth-order valence-electron chi connectivity index (χ4n) is 2.51. The fourth-order valence-corrected chi connectivity index (χ4v) is 2.51. The van der Waals surface area contributed by atoms with E-state index in [0.29, 0.717) is 13.1 Å². The van der Waals surface area contributed by atoms with E-state index in [4.69, 9.17) is 5.73 Å². The average Bonchev–Trinajstić information content (AvgIpc) is 2.35. The third-order valence-electron chi connectivity index (χ3n) is 4.50. The van der Waals surface area contributed by atoms with Gasteiger partial charge in [-0.3, -0.25) is 9.59 Å². The molecule has 1 aliphatic rings. The summed E-state index contributed by atoms with van der Waals surface area (Å²) in [7, 11) is 0. The van der Waals surface area contributed by atoms with Gasteiger partial charge in [0, 0.05) is 13.1 Å². The topological polar surface area (TPSA) is 83.6 Å². The molecule has 1 heterocycles. The Bertz CT molecular complexity index is 385. The zero-order valence-corrected chi connectivity index (χ0v) is 13.3. The maximum Gasteiger partial charge on any atom is 0.309 e. The largest absolute Gasteiger partial charge is 0.481 e. The SMILES string of the molecule is CC(C)(C(=O)O)C1CCCN(C(=O)[C@@H](N)C(C)(C)C)C1. The summed E-state index contributed by atoms with van der Waals surface area (Å²) >= 11 is 0. The highest BCUT2D eigenvalue weighted by atomic mass is 16.4. The number of carboxylic acid groups (broad SMARTS) is 1. The van der Waals surface area contributed by atoms with Gasteiger partial charge in [0.2, 0.25) is 5.91 Å². The van der Waals surface area contributed by atoms with Crippen molar-refractivity contribution < 1.29 is 14.7 Å². The number of rotatable bonds is 3. The summed E-state index contributed by atoms with van der Waals surface area (Å²) in [6, 6.07) is -0.547. The molecular weight excluding hydrogens is 256 g/mol. The van der Waals surface area contributed by atoms with E-state index in [0.717, 1.165) is 12.8 Å². The van der Waals surface area contributed by atoms with Crippen molar-refractivity contribution in [2.45, 2.75) is 53.5 Å². The van der Waals surface area contributed by atoms with E-state index in [1.165, 1.54) is 0 Å². The minimum Gasteiger partial charge on any atom is -0.481 e. The molecule has 0 aromatic rings. The predicted octanol–water partition coefficient (Wildman–Crippen LogP) is 1.71. The second-order valence-corrected chi connectivity index (χ2v) is 7.49. The molecule has 1 saturated heterocycles. The van der Waals surface area contributed by atoms with Crippen molar-refractivity contribution in [3.63, 3.8) is 0 Å². The first-order valence-electron chi connectivity index (χ1n) is 7.25. The molecule has 1 aliphatic heterocycles. The first-order chi connectivity index (χ1) is 8.98. The number of carbonyl (C=O) groups excluding carboxylic acids is 1. The highest BCUT2D eigenvalue weighted by Gasteiger charge is 2.41. The Morgan fingerprint density at radius 1 is 1.25 bits per heavy atom. The number of carboxylic acids is 1. The van der Waals surface area contributed by atoms with Gasteiger partial charge in [-0.1, -0.05) is 20.8 Å². The molecule has 1 fully saturated rings. The lowest BCUT2D eigenvalue weighted by Gasteiger charge is -2.41. The first-order valence-corrected chi connectivity index (χ1v) is 7.25. The molecule has 2 atom stereocenters. The van der Waals surface area contributed by atoms with Crippen LogP contribution in [-0.4, -0.2) is 41.0 Å². The number of amides is 1. The van der Waals surface area contributed by atoms with Crippen LogP contribution in [0.15, 0.2) is 0 Å². The highest BCUT2D eigenvalue weighted by Crippen LogP contribution is 2.34. The van der Waals surface area contributed by atoms with E-state index in [9.17, 15) is 14.7 Å². The molecule has 1 amide bonds. The second kappa shape index (κ2) is 5.72. The first kappa shape index (κ1) is 17.0. The van der Waals surface area contributed by atoms with Crippen LogP contribution >= 0.6 is 0 Å². The molecule has 20 heavy (non-hydrogen) atoms. The molecule has 0 aromatic carbocycles. The van der Waals surface area contributed by atoms with Gasteiger partial charge >= 0.3 is 5.97 Å². The predicted molar refractivity (Wildman–Crippen MR) is 78.2 cm³/mol. The minimum atomic E-state index is -0.815. The molecule has 116 valence electrons. The second-order valence-electron chi connectivity index (χ2n) is 7.49. The summed E-state index contributed by atoms with van der Waals surface area (Å²) in [5, 5.41) is 9.33. The van der Waals surface area contributed by atoms with Crippen molar-refractivity contribution >= 4 is 11.9 Å². The van der Waals surface area contributed by atoms with Gasteiger partial charge in [-0.25, -0.2) is 0 Å². The maximum absolute atomic E-state index is 12.4. The number of hydrogen-bond donors (Lipinski definition) is 2. The summed E-state index contributed by atoms with van der Waals surface area (Å²) in [5.41, 5.74) is 4.93. The number of nitrogens with two attached hydrogens (primary N) is 1. The number of hydrogen-bond acceptors (Lipinski definition) is 3. The minimum absolute atomic E-state index is 0.0233. The molecule has 3 N–H and O–H groups in total. The smallest absolute Gasteiger partial charge is 0.309 e. The lowest BCUT2D eigenvalue weighted by molar-refractivity contribution is -0.153. The summed E-state index contributed by atoms with van der Waals surface area (Å²) < 4.78 is 0. The molecule has 1 unspecified atom stereocenters. The number of likely N-dealkylation sites (tertiary alicyclic amines) is 1. The highest BCUT2D eigenvalue weighted by molar-refractivity contribution is 5.82. The van der Waals surface area contributed by atoms with Gasteiger partial charge in [-0.2, -0.15) is 0 Å². The molecule has 0 aromatic heterocycles. The molecule has 0 spiro atoms. The summed E-state index contributed by atoms with van der Waals surface area (Å²) in [5.74, 6) is -0.898. The lowest BCUT2D eigenvalue weighted by atomic mass is 9.74. The Hall–Kier alpha value is -1.10. The van der Waals surface area contributed by atoms with E-state index < -0.39 is 17.4 Å². The van der Waals surface area contributed by atoms with Crippen molar-refractivity contribution in [1.29, 1.82) is 0 Å². The normalized spacial score (nSPS) is 22.5. The fraction of sp³-hybridized carbons (Fsp3) is 0.867. The van der Waals surface area contributed by atoms with Crippen LogP contribution in [-0.2, 0) is 9.59 Å². The van der Waals surface area contributed by atoms with Gasteiger partial charge in [-0.15, -0.1) is 0 Å². The van der Waals surface area contributed by atoms with Crippen LogP contribution < -0.4 is 5.73 Å². The van der Waals surface area contributed by atoms with Crippen LogP contribution in [0.4, 0.5) is 0 Å². The van der Waals surface area contributed by atoms with Crippen molar-refractivity contribution in [2.75, 3.05) is 13.1 Å². The summed E-state index contributed by atoms with van der Waals surface area (Å²) in [4.78, 5) is 25.5. The van der Waals surface area contributed by atoms with E-state index in [-0.39, 0.29) is 17.2 Å². The van der Waals surface area contributed by atoms with Crippen LogP contribution in [0.3, 0.4) is 0 Å². The third kappa shape index (κ3) is 3.51. The van der Waals surface area contributed by atoms with E-state index in [2.05, 4.69) is 0 Å². The van der Waals surface area contributed by atoms with Crippen molar-refractivity contribution in [1.82, 2.24) is 4.90 Å². The number of carbonyl (C=O) groups is 2. The number of nitrogens with zero attached hydrogens (tertiary/aromatic N) is 1. The summed E-state index contributed by atoms with van der Waals surface area (Å²) in [6.07, 6.45) is 1.68. The van der Waals surface area contributed by atoms with Crippen LogP contribution in [0.5, 0.6) is 0 Å². The molecule has 1 rings (SSSR count). The standard InChI is InChI=1S/C15H28N2O3/c1-14(2,3)11(16)12(18)17-8-6-7-10(9-17)15(4,5)13(19)20/h10-11H,6-9,16H2,1-5H3,(H,19,20)/t10?,11-/m1/s1. The van der Waals surface area contributed by atoms with Crippen LogP contribution in [0.25, 0.3) is 0 Å². The van der Waals surface area contributed by atoms with Gasteiger partial charge < -0.3 is 15.7 Å². The maximum atomic E-state index is 12.4. The quantitative estimate of drug-likeness (QED) is 0.826. The monoisotopic (exact) mass is 284 g/mol. The van der Waals surface area contributed by atoms with Crippen LogP contribution in [0.1, 0.15) is 47.5 Å².